The van der Waals surface area contributed by atoms with E-state index in [0.29, 0.717) is 13.1 Å². The van der Waals surface area contributed by atoms with Crippen molar-refractivity contribution in [2.24, 2.45) is 5.92 Å². The van der Waals surface area contributed by atoms with Gasteiger partial charge in [0.05, 0.1) is 6.54 Å². The molecule has 1 aliphatic heterocycles. The van der Waals surface area contributed by atoms with E-state index in [2.05, 4.69) is 15.5 Å². The first kappa shape index (κ1) is 18.5. The molecule has 1 aromatic rings. The zero-order chi connectivity index (χ0) is 17.6. The van der Waals surface area contributed by atoms with Crippen LogP contribution in [0.1, 0.15) is 39.2 Å². The van der Waals surface area contributed by atoms with Crippen LogP contribution in [0, 0.1) is 5.92 Å². The Labute approximate surface area is 144 Å². The van der Waals surface area contributed by atoms with Crippen LogP contribution in [-0.2, 0) is 16.1 Å². The summed E-state index contributed by atoms with van der Waals surface area (Å²) in [5.74, 6) is 0.225. The van der Waals surface area contributed by atoms with Gasteiger partial charge in [-0.25, -0.2) is 0 Å². The minimum atomic E-state index is -0.202. The first-order chi connectivity index (χ1) is 11.3. The summed E-state index contributed by atoms with van der Waals surface area (Å²) < 4.78 is 0. The van der Waals surface area contributed by atoms with Gasteiger partial charge in [0, 0.05) is 18.0 Å². The lowest BCUT2D eigenvalue weighted by Crippen LogP contribution is -2.48. The summed E-state index contributed by atoms with van der Waals surface area (Å²) >= 11 is 0. The molecule has 0 spiro atoms. The summed E-state index contributed by atoms with van der Waals surface area (Å²) in [6.45, 7) is 8.52. The van der Waals surface area contributed by atoms with Crippen LogP contribution in [0.15, 0.2) is 30.3 Å². The second-order valence-corrected chi connectivity index (χ2v) is 7.55. The number of benzene rings is 1. The number of hydrogen-bond acceptors (Lipinski definition) is 3. The zero-order valence-corrected chi connectivity index (χ0v) is 15.0. The van der Waals surface area contributed by atoms with E-state index in [1.165, 1.54) is 0 Å². The number of rotatable bonds is 5. The van der Waals surface area contributed by atoms with E-state index >= 15 is 0 Å². The SMILES string of the molecule is CC(C)(C)NC(=O)CN1CCC(C(=O)NCc2ccccc2)CC1. The third-order valence-corrected chi connectivity index (χ3v) is 4.15. The fraction of sp³-hybridized carbons (Fsp3) is 0.579. The molecule has 2 rings (SSSR count). The summed E-state index contributed by atoms with van der Waals surface area (Å²) in [6, 6.07) is 9.94. The van der Waals surface area contributed by atoms with Crippen molar-refractivity contribution in [2.75, 3.05) is 19.6 Å². The fourth-order valence-corrected chi connectivity index (χ4v) is 2.94. The van der Waals surface area contributed by atoms with Gasteiger partial charge in [-0.3, -0.25) is 14.5 Å². The van der Waals surface area contributed by atoms with Crippen molar-refractivity contribution < 1.29 is 9.59 Å². The van der Waals surface area contributed by atoms with Gasteiger partial charge in [-0.15, -0.1) is 0 Å². The standard InChI is InChI=1S/C19H29N3O2/c1-19(2,3)21-17(23)14-22-11-9-16(10-12-22)18(24)20-13-15-7-5-4-6-8-15/h4-8,16H,9-14H2,1-3H3,(H,20,24)(H,21,23). The molecular weight excluding hydrogens is 302 g/mol. The molecule has 1 heterocycles. The Balaban J connectivity index is 1.70. The predicted octanol–water partition coefficient (Wildman–Crippen LogP) is 1.93. The molecule has 0 bridgehead atoms. The third kappa shape index (κ3) is 6.32. The highest BCUT2D eigenvalue weighted by Gasteiger charge is 2.26. The van der Waals surface area contributed by atoms with Crippen molar-refractivity contribution in [1.82, 2.24) is 15.5 Å². The average molecular weight is 331 g/mol. The van der Waals surface area contributed by atoms with Gasteiger partial charge in [0.1, 0.15) is 0 Å². The third-order valence-electron chi connectivity index (χ3n) is 4.15. The Morgan fingerprint density at radius 1 is 1.12 bits per heavy atom. The molecule has 0 unspecified atom stereocenters. The first-order valence-electron chi connectivity index (χ1n) is 8.68. The van der Waals surface area contributed by atoms with E-state index in [0.717, 1.165) is 31.5 Å². The largest absolute Gasteiger partial charge is 0.352 e. The van der Waals surface area contributed by atoms with E-state index in [4.69, 9.17) is 0 Å². The van der Waals surface area contributed by atoms with Gasteiger partial charge in [0.25, 0.3) is 0 Å². The molecule has 0 aromatic heterocycles. The van der Waals surface area contributed by atoms with Crippen molar-refractivity contribution >= 4 is 11.8 Å². The molecule has 2 N–H and O–H groups in total. The number of likely N-dealkylation sites (tertiary alicyclic amines) is 1. The summed E-state index contributed by atoms with van der Waals surface area (Å²) in [7, 11) is 0. The van der Waals surface area contributed by atoms with Gasteiger partial charge in [0.2, 0.25) is 11.8 Å². The van der Waals surface area contributed by atoms with Crippen LogP contribution in [0.3, 0.4) is 0 Å². The van der Waals surface area contributed by atoms with Crippen molar-refractivity contribution in [3.8, 4) is 0 Å². The van der Waals surface area contributed by atoms with Crippen molar-refractivity contribution in [2.45, 2.75) is 45.7 Å². The average Bonchev–Trinajstić information content (AvgIpc) is 2.52. The van der Waals surface area contributed by atoms with Crippen molar-refractivity contribution in [3.05, 3.63) is 35.9 Å². The maximum absolute atomic E-state index is 12.3. The van der Waals surface area contributed by atoms with Crippen LogP contribution in [0.4, 0.5) is 0 Å². The summed E-state index contributed by atoms with van der Waals surface area (Å²) in [4.78, 5) is 26.4. The number of nitrogens with zero attached hydrogens (tertiary/aromatic N) is 1. The first-order valence-corrected chi connectivity index (χ1v) is 8.68. The fourth-order valence-electron chi connectivity index (χ4n) is 2.94. The van der Waals surface area contributed by atoms with Gasteiger partial charge in [-0.1, -0.05) is 30.3 Å². The van der Waals surface area contributed by atoms with Crippen molar-refractivity contribution in [1.29, 1.82) is 0 Å². The van der Waals surface area contributed by atoms with Crippen LogP contribution < -0.4 is 10.6 Å². The maximum Gasteiger partial charge on any atom is 0.234 e. The van der Waals surface area contributed by atoms with E-state index < -0.39 is 0 Å². The zero-order valence-electron chi connectivity index (χ0n) is 15.0. The smallest absolute Gasteiger partial charge is 0.234 e. The van der Waals surface area contributed by atoms with E-state index in [1.807, 2.05) is 51.1 Å². The van der Waals surface area contributed by atoms with Crippen LogP contribution in [0.25, 0.3) is 0 Å². The molecule has 0 saturated carbocycles. The Morgan fingerprint density at radius 3 is 2.33 bits per heavy atom. The molecule has 1 fully saturated rings. The molecule has 5 nitrogen and oxygen atoms in total. The second-order valence-electron chi connectivity index (χ2n) is 7.55. The van der Waals surface area contributed by atoms with E-state index in [9.17, 15) is 9.59 Å². The predicted molar refractivity (Wildman–Crippen MR) is 95.3 cm³/mol. The minimum Gasteiger partial charge on any atom is -0.352 e. The van der Waals surface area contributed by atoms with E-state index in [-0.39, 0.29) is 23.3 Å². The summed E-state index contributed by atoms with van der Waals surface area (Å²) in [5.41, 5.74) is 0.911. The number of piperidine rings is 1. The molecule has 24 heavy (non-hydrogen) atoms. The number of hydrogen-bond donors (Lipinski definition) is 2. The maximum atomic E-state index is 12.3. The molecular formula is C19H29N3O2. The normalized spacial score (nSPS) is 16.6. The number of amides is 2. The highest BCUT2D eigenvalue weighted by Crippen LogP contribution is 2.17. The topological polar surface area (TPSA) is 61.4 Å². The van der Waals surface area contributed by atoms with Crippen LogP contribution in [0.5, 0.6) is 0 Å². The Bertz CT molecular complexity index is 543. The molecule has 0 atom stereocenters. The molecule has 1 aromatic carbocycles. The molecule has 5 heteroatoms. The summed E-state index contributed by atoms with van der Waals surface area (Å²) in [5, 5.41) is 6.00. The lowest BCUT2D eigenvalue weighted by molar-refractivity contribution is -0.127. The highest BCUT2D eigenvalue weighted by molar-refractivity contribution is 5.79. The lowest BCUT2D eigenvalue weighted by Gasteiger charge is -2.31. The van der Waals surface area contributed by atoms with E-state index in [1.54, 1.807) is 0 Å². The van der Waals surface area contributed by atoms with Gasteiger partial charge in [-0.05, 0) is 52.3 Å². The van der Waals surface area contributed by atoms with Crippen LogP contribution in [-0.4, -0.2) is 41.9 Å². The Hall–Kier alpha value is -1.88. The number of carbonyl (C=O) groups excluding carboxylic acids is 2. The lowest BCUT2D eigenvalue weighted by atomic mass is 9.95. The summed E-state index contributed by atoms with van der Waals surface area (Å²) in [6.07, 6.45) is 1.62. The van der Waals surface area contributed by atoms with Crippen LogP contribution >= 0.6 is 0 Å². The van der Waals surface area contributed by atoms with Gasteiger partial charge in [0.15, 0.2) is 0 Å². The Kier molecular flexibility index (Phi) is 6.37. The van der Waals surface area contributed by atoms with Gasteiger partial charge in [-0.2, -0.15) is 0 Å². The number of nitrogens with one attached hydrogen (secondary N) is 2. The molecule has 0 radical (unpaired) electrons. The molecule has 0 aliphatic carbocycles. The molecule has 1 saturated heterocycles. The van der Waals surface area contributed by atoms with Gasteiger partial charge >= 0.3 is 0 Å². The van der Waals surface area contributed by atoms with Crippen molar-refractivity contribution in [3.63, 3.8) is 0 Å². The van der Waals surface area contributed by atoms with Crippen LogP contribution in [0.2, 0.25) is 0 Å². The quantitative estimate of drug-likeness (QED) is 0.867. The van der Waals surface area contributed by atoms with Gasteiger partial charge < -0.3 is 10.6 Å². The monoisotopic (exact) mass is 331 g/mol. The molecule has 1 aliphatic rings. The molecule has 2 amide bonds. The Morgan fingerprint density at radius 2 is 1.75 bits per heavy atom. The molecule has 132 valence electrons. The number of carbonyl (C=O) groups is 2. The highest BCUT2D eigenvalue weighted by atomic mass is 16.2. The second kappa shape index (κ2) is 8.29. The minimum absolute atomic E-state index is 0.0504.